The first-order chi connectivity index (χ1) is 8.15. The highest BCUT2D eigenvalue weighted by Gasteiger charge is 2.40. The van der Waals surface area contributed by atoms with Crippen LogP contribution in [0.1, 0.15) is 31.9 Å². The minimum atomic E-state index is -0.150. The van der Waals surface area contributed by atoms with Gasteiger partial charge in [0.15, 0.2) is 0 Å². The Bertz CT molecular complexity index is 378. The molecule has 2 nitrogen and oxygen atoms in total. The van der Waals surface area contributed by atoms with Crippen LogP contribution >= 0.6 is 11.8 Å². The van der Waals surface area contributed by atoms with Gasteiger partial charge in [0, 0.05) is 5.56 Å². The standard InChI is InChI=1S/C14H21NOS/c1-14(2)13(15-9-6-10-17-3)11-7-4-5-8-12(11)16-14/h4-5,7-8,13,15H,6,9-10H2,1-3H3. The molecular formula is C14H21NOS. The highest BCUT2D eigenvalue weighted by atomic mass is 32.2. The van der Waals surface area contributed by atoms with Gasteiger partial charge in [0.25, 0.3) is 0 Å². The summed E-state index contributed by atoms with van der Waals surface area (Å²) in [4.78, 5) is 0. The van der Waals surface area contributed by atoms with Gasteiger partial charge >= 0.3 is 0 Å². The number of para-hydroxylation sites is 1. The molecule has 0 amide bonds. The van der Waals surface area contributed by atoms with E-state index in [0.717, 1.165) is 12.3 Å². The normalized spacial score (nSPS) is 21.0. The smallest absolute Gasteiger partial charge is 0.125 e. The van der Waals surface area contributed by atoms with Gasteiger partial charge in [-0.1, -0.05) is 18.2 Å². The molecule has 0 aromatic heterocycles. The number of fused-ring (bicyclic) bond motifs is 1. The number of benzene rings is 1. The Morgan fingerprint density at radius 1 is 1.35 bits per heavy atom. The maximum atomic E-state index is 6.00. The van der Waals surface area contributed by atoms with Crippen molar-refractivity contribution in [2.45, 2.75) is 31.9 Å². The summed E-state index contributed by atoms with van der Waals surface area (Å²) in [6, 6.07) is 8.64. The van der Waals surface area contributed by atoms with E-state index in [4.69, 9.17) is 4.74 Å². The topological polar surface area (TPSA) is 21.3 Å². The molecule has 0 aliphatic carbocycles. The molecule has 1 aromatic carbocycles. The lowest BCUT2D eigenvalue weighted by Gasteiger charge is -2.27. The average Bonchev–Trinajstić information content (AvgIpc) is 2.55. The maximum absolute atomic E-state index is 6.00. The van der Waals surface area contributed by atoms with Crippen LogP contribution in [0.4, 0.5) is 0 Å². The van der Waals surface area contributed by atoms with E-state index in [-0.39, 0.29) is 5.60 Å². The molecule has 0 radical (unpaired) electrons. The zero-order valence-electron chi connectivity index (χ0n) is 10.8. The molecule has 3 heteroatoms. The fraction of sp³-hybridized carbons (Fsp3) is 0.571. The van der Waals surface area contributed by atoms with E-state index in [9.17, 15) is 0 Å². The Hall–Kier alpha value is -0.670. The first kappa shape index (κ1) is 12.8. The van der Waals surface area contributed by atoms with E-state index in [2.05, 4.69) is 43.6 Å². The third-order valence-electron chi connectivity index (χ3n) is 3.17. The summed E-state index contributed by atoms with van der Waals surface area (Å²) in [5, 5.41) is 3.62. The largest absolute Gasteiger partial charge is 0.486 e. The van der Waals surface area contributed by atoms with Gasteiger partial charge in [-0.2, -0.15) is 11.8 Å². The maximum Gasteiger partial charge on any atom is 0.125 e. The van der Waals surface area contributed by atoms with E-state index in [1.165, 1.54) is 17.7 Å². The molecule has 1 aliphatic rings. The lowest BCUT2D eigenvalue weighted by Crippen LogP contribution is -2.39. The summed E-state index contributed by atoms with van der Waals surface area (Å²) < 4.78 is 6.00. The fourth-order valence-electron chi connectivity index (χ4n) is 2.35. The number of hydrogen-bond acceptors (Lipinski definition) is 3. The van der Waals surface area contributed by atoms with Crippen LogP contribution in [-0.4, -0.2) is 24.2 Å². The number of hydrogen-bond donors (Lipinski definition) is 1. The number of nitrogens with one attached hydrogen (secondary N) is 1. The van der Waals surface area contributed by atoms with Crippen molar-refractivity contribution < 1.29 is 4.74 Å². The zero-order valence-corrected chi connectivity index (χ0v) is 11.6. The molecule has 17 heavy (non-hydrogen) atoms. The quantitative estimate of drug-likeness (QED) is 0.812. The summed E-state index contributed by atoms with van der Waals surface area (Å²) >= 11 is 1.90. The van der Waals surface area contributed by atoms with Crippen molar-refractivity contribution >= 4 is 11.8 Å². The van der Waals surface area contributed by atoms with Gasteiger partial charge < -0.3 is 10.1 Å². The molecule has 1 unspecified atom stereocenters. The van der Waals surface area contributed by atoms with Crippen molar-refractivity contribution in [2.75, 3.05) is 18.6 Å². The van der Waals surface area contributed by atoms with Crippen molar-refractivity contribution in [1.82, 2.24) is 5.32 Å². The van der Waals surface area contributed by atoms with E-state index >= 15 is 0 Å². The van der Waals surface area contributed by atoms with Crippen LogP contribution in [0.25, 0.3) is 0 Å². The predicted octanol–water partition coefficient (Wildman–Crippen LogP) is 3.24. The molecule has 1 aromatic rings. The second kappa shape index (κ2) is 5.32. The molecule has 0 saturated carbocycles. The number of ether oxygens (including phenoxy) is 1. The lowest BCUT2D eigenvalue weighted by molar-refractivity contribution is 0.0967. The molecule has 1 atom stereocenters. The Morgan fingerprint density at radius 3 is 2.88 bits per heavy atom. The molecule has 0 fully saturated rings. The second-order valence-corrected chi connectivity index (χ2v) is 5.96. The molecule has 0 saturated heterocycles. The summed E-state index contributed by atoms with van der Waals surface area (Å²) in [5.41, 5.74) is 1.14. The van der Waals surface area contributed by atoms with Gasteiger partial charge in [-0.25, -0.2) is 0 Å². The Morgan fingerprint density at radius 2 is 2.12 bits per heavy atom. The van der Waals surface area contributed by atoms with Gasteiger partial charge in [-0.05, 0) is 44.9 Å². The molecule has 94 valence electrons. The highest BCUT2D eigenvalue weighted by molar-refractivity contribution is 7.98. The van der Waals surface area contributed by atoms with Crippen LogP contribution in [0.5, 0.6) is 5.75 Å². The van der Waals surface area contributed by atoms with Gasteiger partial charge in [-0.15, -0.1) is 0 Å². The molecule has 1 heterocycles. The van der Waals surface area contributed by atoms with Crippen LogP contribution in [-0.2, 0) is 0 Å². The monoisotopic (exact) mass is 251 g/mol. The molecule has 0 bridgehead atoms. The van der Waals surface area contributed by atoms with Crippen LogP contribution in [0, 0.1) is 0 Å². The van der Waals surface area contributed by atoms with Crippen LogP contribution in [0.2, 0.25) is 0 Å². The lowest BCUT2D eigenvalue weighted by atomic mass is 9.94. The minimum absolute atomic E-state index is 0.150. The third-order valence-corrected chi connectivity index (χ3v) is 3.87. The third kappa shape index (κ3) is 2.78. The summed E-state index contributed by atoms with van der Waals surface area (Å²) in [5.74, 6) is 2.24. The van der Waals surface area contributed by atoms with Crippen molar-refractivity contribution in [1.29, 1.82) is 0 Å². The fourth-order valence-corrected chi connectivity index (χ4v) is 2.78. The Labute approximate surface area is 108 Å². The number of thioether (sulfide) groups is 1. The second-order valence-electron chi connectivity index (χ2n) is 4.98. The summed E-state index contributed by atoms with van der Waals surface area (Å²) in [6.07, 6.45) is 3.35. The molecule has 1 N–H and O–H groups in total. The molecule has 2 rings (SSSR count). The van der Waals surface area contributed by atoms with Crippen molar-refractivity contribution in [2.24, 2.45) is 0 Å². The zero-order chi connectivity index (χ0) is 12.3. The van der Waals surface area contributed by atoms with Crippen molar-refractivity contribution in [3.8, 4) is 5.75 Å². The van der Waals surface area contributed by atoms with Crippen LogP contribution in [0.3, 0.4) is 0 Å². The van der Waals surface area contributed by atoms with E-state index < -0.39 is 0 Å². The van der Waals surface area contributed by atoms with Gasteiger partial charge in [0.05, 0.1) is 6.04 Å². The van der Waals surface area contributed by atoms with Gasteiger partial charge in [0.1, 0.15) is 11.4 Å². The highest BCUT2D eigenvalue weighted by Crippen LogP contribution is 2.42. The van der Waals surface area contributed by atoms with Gasteiger partial charge in [0.2, 0.25) is 0 Å². The van der Waals surface area contributed by atoms with E-state index in [0.29, 0.717) is 6.04 Å². The van der Waals surface area contributed by atoms with Crippen molar-refractivity contribution in [3.63, 3.8) is 0 Å². The van der Waals surface area contributed by atoms with Crippen LogP contribution < -0.4 is 10.1 Å². The minimum Gasteiger partial charge on any atom is -0.486 e. The van der Waals surface area contributed by atoms with E-state index in [1.807, 2.05) is 17.8 Å². The molecule has 1 aliphatic heterocycles. The molecule has 0 spiro atoms. The predicted molar refractivity (Wildman–Crippen MR) is 74.9 cm³/mol. The molecular weight excluding hydrogens is 230 g/mol. The summed E-state index contributed by atoms with van der Waals surface area (Å²) in [7, 11) is 0. The Kier molecular flexibility index (Phi) is 4.00. The summed E-state index contributed by atoms with van der Waals surface area (Å²) in [6.45, 7) is 5.35. The van der Waals surface area contributed by atoms with E-state index in [1.54, 1.807) is 0 Å². The SMILES string of the molecule is CSCCCNC1c2ccccc2OC1(C)C. The average molecular weight is 251 g/mol. The van der Waals surface area contributed by atoms with Gasteiger partial charge in [-0.3, -0.25) is 0 Å². The Balaban J connectivity index is 2.04. The number of rotatable bonds is 5. The van der Waals surface area contributed by atoms with Crippen LogP contribution in [0.15, 0.2) is 24.3 Å². The van der Waals surface area contributed by atoms with Crippen molar-refractivity contribution in [3.05, 3.63) is 29.8 Å². The first-order valence-corrected chi connectivity index (χ1v) is 7.55. The first-order valence-electron chi connectivity index (χ1n) is 6.15.